The second-order valence-electron chi connectivity index (χ2n) is 5.24. The fourth-order valence-electron chi connectivity index (χ4n) is 2.73. The van der Waals surface area contributed by atoms with E-state index in [1.807, 2.05) is 0 Å². The van der Waals surface area contributed by atoms with Crippen molar-refractivity contribution in [3.05, 3.63) is 53.8 Å². The number of hydrogen-bond acceptors (Lipinski definition) is 1. The summed E-state index contributed by atoms with van der Waals surface area (Å²) in [4.78, 5) is 0. The standard InChI is InChI=1S/C17H15F3O/c18-14-9-3-7-12(16(14)20)13-8-4-10-15(19)17(13)21-11-5-1-2-6-11/h3-4,7-11H,1-2,5-6H2. The lowest BCUT2D eigenvalue weighted by atomic mass is 10.0. The lowest BCUT2D eigenvalue weighted by Crippen LogP contribution is -2.12. The van der Waals surface area contributed by atoms with E-state index in [2.05, 4.69) is 0 Å². The molecule has 1 saturated carbocycles. The van der Waals surface area contributed by atoms with E-state index >= 15 is 0 Å². The van der Waals surface area contributed by atoms with E-state index in [4.69, 9.17) is 4.74 Å². The molecule has 3 rings (SSSR count). The Hall–Kier alpha value is -1.97. The molecule has 1 nitrogen and oxygen atoms in total. The summed E-state index contributed by atoms with van der Waals surface area (Å²) in [5.41, 5.74) is 0.265. The second kappa shape index (κ2) is 5.80. The van der Waals surface area contributed by atoms with Gasteiger partial charge in [-0.1, -0.05) is 24.3 Å². The number of hydrogen-bond donors (Lipinski definition) is 0. The molecule has 1 aliphatic rings. The Balaban J connectivity index is 2.05. The molecule has 0 aromatic heterocycles. The molecule has 0 aliphatic heterocycles. The van der Waals surface area contributed by atoms with E-state index in [1.54, 1.807) is 6.07 Å². The largest absolute Gasteiger partial charge is 0.487 e. The lowest BCUT2D eigenvalue weighted by Gasteiger charge is -2.17. The van der Waals surface area contributed by atoms with Gasteiger partial charge in [-0.3, -0.25) is 0 Å². The summed E-state index contributed by atoms with van der Waals surface area (Å²) < 4.78 is 47.2. The highest BCUT2D eigenvalue weighted by atomic mass is 19.2. The third kappa shape index (κ3) is 2.75. The highest BCUT2D eigenvalue weighted by Gasteiger charge is 2.22. The van der Waals surface area contributed by atoms with Gasteiger partial charge in [-0.2, -0.15) is 0 Å². The van der Waals surface area contributed by atoms with Gasteiger partial charge in [-0.25, -0.2) is 13.2 Å². The van der Waals surface area contributed by atoms with Crippen LogP contribution in [0.15, 0.2) is 36.4 Å². The topological polar surface area (TPSA) is 9.23 Å². The Bertz CT molecular complexity index is 648. The van der Waals surface area contributed by atoms with Crippen LogP contribution in [0.3, 0.4) is 0 Å². The van der Waals surface area contributed by atoms with Crippen LogP contribution >= 0.6 is 0 Å². The first-order valence-electron chi connectivity index (χ1n) is 7.06. The van der Waals surface area contributed by atoms with Crippen molar-refractivity contribution in [3.8, 4) is 16.9 Å². The Morgan fingerprint density at radius 2 is 1.43 bits per heavy atom. The monoisotopic (exact) mass is 292 g/mol. The molecule has 0 atom stereocenters. The van der Waals surface area contributed by atoms with Gasteiger partial charge in [0.05, 0.1) is 6.10 Å². The zero-order valence-electron chi connectivity index (χ0n) is 11.4. The predicted octanol–water partition coefficient (Wildman–Crippen LogP) is 5.09. The van der Waals surface area contributed by atoms with Crippen molar-refractivity contribution in [2.24, 2.45) is 0 Å². The van der Waals surface area contributed by atoms with E-state index in [0.717, 1.165) is 31.7 Å². The maximum Gasteiger partial charge on any atom is 0.166 e. The van der Waals surface area contributed by atoms with Gasteiger partial charge in [0, 0.05) is 11.1 Å². The smallest absolute Gasteiger partial charge is 0.166 e. The summed E-state index contributed by atoms with van der Waals surface area (Å²) in [5.74, 6) is -2.49. The molecule has 2 aromatic carbocycles. The number of halogens is 3. The maximum atomic E-state index is 14.1. The molecule has 4 heteroatoms. The predicted molar refractivity (Wildman–Crippen MR) is 74.6 cm³/mol. The van der Waals surface area contributed by atoms with Crippen LogP contribution in [-0.2, 0) is 0 Å². The van der Waals surface area contributed by atoms with Crippen LogP contribution in [0.4, 0.5) is 13.2 Å². The zero-order valence-corrected chi connectivity index (χ0v) is 11.4. The first-order valence-corrected chi connectivity index (χ1v) is 7.06. The summed E-state index contributed by atoms with van der Waals surface area (Å²) >= 11 is 0. The van der Waals surface area contributed by atoms with Crippen molar-refractivity contribution in [1.82, 2.24) is 0 Å². The average molecular weight is 292 g/mol. The summed E-state index contributed by atoms with van der Waals surface area (Å²) in [6.45, 7) is 0. The molecule has 0 saturated heterocycles. The molecule has 110 valence electrons. The fourth-order valence-corrected chi connectivity index (χ4v) is 2.73. The van der Waals surface area contributed by atoms with Gasteiger partial charge < -0.3 is 4.74 Å². The molecule has 0 N–H and O–H groups in total. The molecule has 0 radical (unpaired) electrons. The summed E-state index contributed by atoms with van der Waals surface area (Å²) in [6.07, 6.45) is 3.75. The fraction of sp³-hybridized carbons (Fsp3) is 0.294. The first-order chi connectivity index (χ1) is 10.2. The van der Waals surface area contributed by atoms with Crippen LogP contribution in [0.2, 0.25) is 0 Å². The van der Waals surface area contributed by atoms with Gasteiger partial charge >= 0.3 is 0 Å². The van der Waals surface area contributed by atoms with Gasteiger partial charge in [-0.15, -0.1) is 0 Å². The number of benzene rings is 2. The van der Waals surface area contributed by atoms with Crippen molar-refractivity contribution in [1.29, 1.82) is 0 Å². The Labute approximate surface area is 121 Å². The molecule has 21 heavy (non-hydrogen) atoms. The summed E-state index contributed by atoms with van der Waals surface area (Å²) in [6, 6.07) is 8.15. The average Bonchev–Trinajstić information content (AvgIpc) is 2.97. The van der Waals surface area contributed by atoms with E-state index in [1.165, 1.54) is 24.3 Å². The van der Waals surface area contributed by atoms with Crippen LogP contribution < -0.4 is 4.74 Å². The van der Waals surface area contributed by atoms with E-state index < -0.39 is 17.5 Å². The first kappa shape index (κ1) is 14.0. The minimum atomic E-state index is -0.987. The van der Waals surface area contributed by atoms with Crippen LogP contribution in [0.1, 0.15) is 25.7 Å². The summed E-state index contributed by atoms with van der Waals surface area (Å²) in [5, 5.41) is 0. The molecule has 0 heterocycles. The Morgan fingerprint density at radius 1 is 0.810 bits per heavy atom. The third-order valence-electron chi connectivity index (χ3n) is 3.80. The van der Waals surface area contributed by atoms with E-state index in [9.17, 15) is 13.2 Å². The maximum absolute atomic E-state index is 14.1. The molecule has 2 aromatic rings. The van der Waals surface area contributed by atoms with Gasteiger partial charge in [0.15, 0.2) is 23.2 Å². The molecular weight excluding hydrogens is 277 g/mol. The van der Waals surface area contributed by atoms with Gasteiger partial charge in [0.1, 0.15) is 0 Å². The van der Waals surface area contributed by atoms with Crippen molar-refractivity contribution in [2.75, 3.05) is 0 Å². The molecule has 1 fully saturated rings. The minimum Gasteiger partial charge on any atom is -0.487 e. The SMILES string of the molecule is Fc1cccc(-c2cccc(F)c2OC2CCCC2)c1F. The Kier molecular flexibility index (Phi) is 3.86. The number of rotatable bonds is 3. The van der Waals surface area contributed by atoms with Crippen molar-refractivity contribution >= 4 is 0 Å². The molecular formula is C17H15F3O. The van der Waals surface area contributed by atoms with E-state index in [0.29, 0.717) is 0 Å². The molecule has 0 spiro atoms. The molecule has 1 aliphatic carbocycles. The Morgan fingerprint density at radius 3 is 2.14 bits per heavy atom. The van der Waals surface area contributed by atoms with Gasteiger partial charge in [-0.05, 0) is 37.8 Å². The summed E-state index contributed by atoms with van der Waals surface area (Å²) in [7, 11) is 0. The quantitative estimate of drug-likeness (QED) is 0.765. The van der Waals surface area contributed by atoms with Crippen molar-refractivity contribution in [3.63, 3.8) is 0 Å². The van der Waals surface area contributed by atoms with Crippen molar-refractivity contribution in [2.45, 2.75) is 31.8 Å². The molecule has 0 amide bonds. The highest BCUT2D eigenvalue weighted by Crippen LogP contribution is 2.36. The molecule has 0 unspecified atom stereocenters. The van der Waals surface area contributed by atoms with Crippen LogP contribution in [0, 0.1) is 17.5 Å². The normalized spacial score (nSPS) is 15.4. The molecule has 0 bridgehead atoms. The highest BCUT2D eigenvalue weighted by molar-refractivity contribution is 5.71. The van der Waals surface area contributed by atoms with Gasteiger partial charge in [0.2, 0.25) is 0 Å². The van der Waals surface area contributed by atoms with E-state index in [-0.39, 0.29) is 23.0 Å². The number of para-hydroxylation sites is 1. The van der Waals surface area contributed by atoms with Crippen molar-refractivity contribution < 1.29 is 17.9 Å². The van der Waals surface area contributed by atoms with Crippen LogP contribution in [-0.4, -0.2) is 6.10 Å². The van der Waals surface area contributed by atoms with Crippen LogP contribution in [0.5, 0.6) is 5.75 Å². The number of ether oxygens (including phenoxy) is 1. The zero-order chi connectivity index (χ0) is 14.8. The minimum absolute atomic E-state index is 0.00824. The van der Waals surface area contributed by atoms with Gasteiger partial charge in [0.25, 0.3) is 0 Å². The van der Waals surface area contributed by atoms with Crippen LogP contribution in [0.25, 0.3) is 11.1 Å². The third-order valence-corrected chi connectivity index (χ3v) is 3.80. The lowest BCUT2D eigenvalue weighted by molar-refractivity contribution is 0.201. The second-order valence-corrected chi connectivity index (χ2v) is 5.24.